The quantitative estimate of drug-likeness (QED) is 0.299. The van der Waals surface area contributed by atoms with Gasteiger partial charge in [-0.25, -0.2) is 0 Å². The van der Waals surface area contributed by atoms with Gasteiger partial charge in [0.2, 0.25) is 11.5 Å². The van der Waals surface area contributed by atoms with Gasteiger partial charge in [0.25, 0.3) is 5.91 Å². The van der Waals surface area contributed by atoms with Crippen LogP contribution in [-0.4, -0.2) is 52.9 Å². The molecule has 2 saturated heterocycles. The van der Waals surface area contributed by atoms with Gasteiger partial charge < -0.3 is 22.0 Å². The maximum Gasteiger partial charge on any atom is 0.425 e. The van der Waals surface area contributed by atoms with Gasteiger partial charge in [-0.3, -0.25) is 9.59 Å². The first-order chi connectivity index (χ1) is 18.5. The van der Waals surface area contributed by atoms with E-state index in [0.29, 0.717) is 56.7 Å². The molecule has 2 aliphatic rings. The number of rotatable bonds is 6. The van der Waals surface area contributed by atoms with Gasteiger partial charge in [-0.2, -0.15) is 49.1 Å². The van der Waals surface area contributed by atoms with Crippen LogP contribution >= 0.6 is 11.3 Å². The van der Waals surface area contributed by atoms with E-state index in [2.05, 4.69) is 19.1 Å². The summed E-state index contributed by atoms with van der Waals surface area (Å²) in [6.45, 7) is 11.1. The van der Waals surface area contributed by atoms with Gasteiger partial charge in [-0.15, -0.1) is 11.3 Å². The fourth-order valence-corrected chi connectivity index (χ4v) is 6.46. The zero-order valence-electron chi connectivity index (χ0n) is 25.1. The van der Waals surface area contributed by atoms with E-state index in [1.54, 1.807) is 9.80 Å². The summed E-state index contributed by atoms with van der Waals surface area (Å²) in [5.74, 6) is -0.375. The number of benzene rings is 1. The summed E-state index contributed by atoms with van der Waals surface area (Å²) in [6, 6.07) is 11.6. The van der Waals surface area contributed by atoms with Crippen molar-refractivity contribution in [2.24, 2.45) is 0 Å². The Morgan fingerprint density at radius 1 is 1.15 bits per heavy atom. The zero-order chi connectivity index (χ0) is 28.8. The van der Waals surface area contributed by atoms with E-state index in [-0.39, 0.29) is 63.1 Å². The number of halogens is 3. The number of carbonyl (C=O) groups is 2. The van der Waals surface area contributed by atoms with Crippen molar-refractivity contribution in [1.82, 2.24) is 9.80 Å². The predicted molar refractivity (Wildman–Crippen MR) is 154 cm³/mol. The SMILES string of the molecule is CC.CCC[C@H]1N(C(C)=O)CCC[C@@]1(Oc1csc(C(F)(F)F)c1)C(=O)N1CCC(C)(c2[c-]cccc2)CC1.[CH3-].[Y]. The average Bonchev–Trinajstić information content (AvgIpc) is 3.40. The van der Waals surface area contributed by atoms with Crippen LogP contribution in [0.25, 0.3) is 0 Å². The number of piperidine rings is 2. The van der Waals surface area contributed by atoms with Gasteiger partial charge >= 0.3 is 6.18 Å². The van der Waals surface area contributed by atoms with Gasteiger partial charge in [0.1, 0.15) is 10.6 Å². The number of likely N-dealkylation sites (tertiary alicyclic amines) is 2. The van der Waals surface area contributed by atoms with Crippen LogP contribution in [0.15, 0.2) is 35.7 Å². The van der Waals surface area contributed by atoms with Gasteiger partial charge in [-0.05, 0) is 31.1 Å². The Labute approximate surface area is 273 Å². The number of hydrogen-bond acceptors (Lipinski definition) is 4. The molecular weight excluding hydrogens is 626 g/mol. The molecule has 0 unspecified atom stereocenters. The number of carbonyl (C=O) groups excluding carboxylic acids is 2. The molecule has 3 heterocycles. The second kappa shape index (κ2) is 15.9. The molecule has 0 spiro atoms. The third-order valence-electron chi connectivity index (χ3n) is 7.86. The Kier molecular flexibility index (Phi) is 14.5. The molecule has 0 N–H and O–H groups in total. The molecule has 4 rings (SSSR count). The number of alkyl halides is 3. The van der Waals surface area contributed by atoms with Crippen LogP contribution in [0, 0.1) is 13.5 Å². The van der Waals surface area contributed by atoms with Crippen molar-refractivity contribution in [2.75, 3.05) is 19.6 Å². The van der Waals surface area contributed by atoms with Crippen LogP contribution in [0.1, 0.15) is 83.6 Å². The monoisotopic (exact) mass is 669 g/mol. The van der Waals surface area contributed by atoms with E-state index in [4.69, 9.17) is 4.74 Å². The summed E-state index contributed by atoms with van der Waals surface area (Å²) < 4.78 is 46.3. The minimum atomic E-state index is -4.49. The topological polar surface area (TPSA) is 49.9 Å². The van der Waals surface area contributed by atoms with Gasteiger partial charge in [0.15, 0.2) is 0 Å². The molecule has 2 fully saturated rings. The van der Waals surface area contributed by atoms with Crippen molar-refractivity contribution in [2.45, 2.75) is 96.4 Å². The number of ether oxygens (including phenoxy) is 1. The molecule has 5 nitrogen and oxygen atoms in total. The van der Waals surface area contributed by atoms with E-state index < -0.39 is 22.7 Å². The number of hydrogen-bond donors (Lipinski definition) is 0. The van der Waals surface area contributed by atoms with Gasteiger partial charge in [0.05, 0.1) is 6.04 Å². The van der Waals surface area contributed by atoms with Crippen molar-refractivity contribution < 1.29 is 60.2 Å². The average molecular weight is 670 g/mol. The molecule has 227 valence electrons. The summed E-state index contributed by atoms with van der Waals surface area (Å²) in [4.78, 5) is 29.6. The van der Waals surface area contributed by atoms with Crippen LogP contribution in [0.5, 0.6) is 5.75 Å². The predicted octanol–water partition coefficient (Wildman–Crippen LogP) is 7.55. The molecule has 41 heavy (non-hydrogen) atoms. The standard InChI is InChI=1S/C28H34F3N2O3S.C2H6.CH3.Y/c1-4-9-23-27(12-8-15-33(23)20(2)34,36-22-18-24(37-19-22)28(29,30)31)25(35)32-16-13-26(3,14-17-32)21-10-6-5-7-11-21;1-2;;/h5-7,10,18-19,23H,4,8-9,12-17H2,1-3H3;1-2H3;1H3;/q-1;;-1;/t23-,27+;;;/m1.../s1. The first-order valence-corrected chi connectivity index (χ1v) is 14.8. The van der Waals surface area contributed by atoms with E-state index in [9.17, 15) is 22.8 Å². The summed E-state index contributed by atoms with van der Waals surface area (Å²) in [6.07, 6.45) is -0.917. The second-order valence-electron chi connectivity index (χ2n) is 10.4. The Morgan fingerprint density at radius 3 is 2.32 bits per heavy atom. The molecule has 2 atom stereocenters. The summed E-state index contributed by atoms with van der Waals surface area (Å²) in [7, 11) is 0. The van der Waals surface area contributed by atoms with Crippen LogP contribution < -0.4 is 4.74 Å². The summed E-state index contributed by atoms with van der Waals surface area (Å²) in [5.41, 5.74) is -0.450. The molecule has 1 radical (unpaired) electrons. The van der Waals surface area contributed by atoms with Crippen LogP contribution in [0.3, 0.4) is 0 Å². The van der Waals surface area contributed by atoms with E-state index in [0.717, 1.165) is 24.5 Å². The van der Waals surface area contributed by atoms with E-state index >= 15 is 0 Å². The van der Waals surface area contributed by atoms with Crippen molar-refractivity contribution in [3.8, 4) is 5.75 Å². The maximum atomic E-state index is 14.3. The molecule has 1 aromatic heterocycles. The van der Waals surface area contributed by atoms with E-state index in [1.165, 1.54) is 12.3 Å². The van der Waals surface area contributed by atoms with Crippen molar-refractivity contribution >= 4 is 23.2 Å². The van der Waals surface area contributed by atoms with Crippen molar-refractivity contribution in [3.05, 3.63) is 59.6 Å². The Hall–Kier alpha value is -1.45. The fraction of sp³-hybridized carbons (Fsp3) is 0.581. The molecule has 0 aliphatic carbocycles. The molecule has 2 amide bonds. The van der Waals surface area contributed by atoms with Gasteiger partial charge in [-0.1, -0.05) is 34.1 Å². The number of thiophene rings is 1. The number of nitrogens with zero attached hydrogens (tertiary/aromatic N) is 2. The summed E-state index contributed by atoms with van der Waals surface area (Å²) in [5, 5.41) is 1.31. The smallest absolute Gasteiger partial charge is 0.425 e. The Bertz CT molecular complexity index is 1100. The first kappa shape index (κ1) is 37.6. The van der Waals surface area contributed by atoms with Crippen LogP contribution in [0.4, 0.5) is 13.2 Å². The second-order valence-corrected chi connectivity index (χ2v) is 11.3. The van der Waals surface area contributed by atoms with Gasteiger partial charge in [0, 0.05) is 77.1 Å². The minimum Gasteiger partial charge on any atom is -0.474 e. The van der Waals surface area contributed by atoms with Crippen molar-refractivity contribution in [3.63, 3.8) is 0 Å². The molecule has 2 aliphatic heterocycles. The summed E-state index contributed by atoms with van der Waals surface area (Å²) >= 11 is 0.551. The largest absolute Gasteiger partial charge is 0.474 e. The third kappa shape index (κ3) is 8.35. The molecule has 2 aromatic rings. The third-order valence-corrected chi connectivity index (χ3v) is 8.81. The Morgan fingerprint density at radius 2 is 1.80 bits per heavy atom. The fourth-order valence-electron chi connectivity index (χ4n) is 5.78. The number of amides is 2. The van der Waals surface area contributed by atoms with Crippen LogP contribution in [0.2, 0.25) is 0 Å². The normalized spacial score (nSPS) is 21.9. The molecule has 0 saturated carbocycles. The minimum absolute atomic E-state index is 0. The Balaban J connectivity index is 0.00000206. The molecule has 0 bridgehead atoms. The van der Waals surface area contributed by atoms with Crippen molar-refractivity contribution in [1.29, 1.82) is 0 Å². The molecular formula is C31H43F3N2O3SY-2. The van der Waals surface area contributed by atoms with E-state index in [1.807, 2.05) is 39.0 Å². The van der Waals surface area contributed by atoms with Crippen LogP contribution in [-0.2, 0) is 53.9 Å². The zero-order valence-corrected chi connectivity index (χ0v) is 28.8. The molecule has 1 aromatic carbocycles. The maximum absolute atomic E-state index is 14.3. The molecule has 10 heteroatoms. The first-order valence-electron chi connectivity index (χ1n) is 13.9.